The van der Waals surface area contributed by atoms with Gasteiger partial charge in [-0.2, -0.15) is 0 Å². The minimum absolute atomic E-state index is 0.153. The molecule has 0 radical (unpaired) electrons. The molecule has 2 N–H and O–H groups in total. The third-order valence-corrected chi connectivity index (χ3v) is 4.22. The van der Waals surface area contributed by atoms with Crippen LogP contribution >= 0.6 is 0 Å². The van der Waals surface area contributed by atoms with E-state index >= 15 is 0 Å². The molecule has 2 aromatic rings. The van der Waals surface area contributed by atoms with E-state index in [1.54, 1.807) is 25.1 Å². The van der Waals surface area contributed by atoms with Crippen LogP contribution in [0, 0.1) is 0 Å². The Labute approximate surface area is 123 Å². The molecule has 1 aromatic heterocycles. The van der Waals surface area contributed by atoms with E-state index in [1.165, 1.54) is 30.5 Å². The summed E-state index contributed by atoms with van der Waals surface area (Å²) in [6.45, 7) is 2.03. The lowest BCUT2D eigenvalue weighted by Crippen LogP contribution is -2.23. The summed E-state index contributed by atoms with van der Waals surface area (Å²) in [7, 11) is -3.48. The van der Waals surface area contributed by atoms with E-state index in [0.29, 0.717) is 17.9 Å². The maximum Gasteiger partial charge on any atom is 0.274 e. The number of sulfonamides is 1. The highest BCUT2D eigenvalue weighted by atomic mass is 32.2. The topological polar surface area (TPSA) is 88.2 Å². The van der Waals surface area contributed by atoms with Gasteiger partial charge in [0.1, 0.15) is 5.69 Å². The summed E-state index contributed by atoms with van der Waals surface area (Å²) in [5, 5.41) is 2.65. The summed E-state index contributed by atoms with van der Waals surface area (Å²) in [6, 6.07) is 11.0. The first-order chi connectivity index (χ1) is 10.0. The van der Waals surface area contributed by atoms with Gasteiger partial charge in [0, 0.05) is 18.4 Å². The molecule has 7 heteroatoms. The van der Waals surface area contributed by atoms with Crippen molar-refractivity contribution in [2.24, 2.45) is 0 Å². The highest BCUT2D eigenvalue weighted by molar-refractivity contribution is 7.89. The maximum atomic E-state index is 11.9. The van der Waals surface area contributed by atoms with Crippen LogP contribution in [0.1, 0.15) is 17.4 Å². The third kappa shape index (κ3) is 3.87. The van der Waals surface area contributed by atoms with Gasteiger partial charge in [0.25, 0.3) is 5.91 Å². The molecule has 0 atom stereocenters. The van der Waals surface area contributed by atoms with E-state index in [-0.39, 0.29) is 10.8 Å². The van der Waals surface area contributed by atoms with Gasteiger partial charge in [-0.25, -0.2) is 13.1 Å². The minimum atomic E-state index is -3.48. The average Bonchev–Trinajstić information content (AvgIpc) is 2.48. The molecule has 0 unspecified atom stereocenters. The molecule has 0 aliphatic heterocycles. The van der Waals surface area contributed by atoms with Gasteiger partial charge < -0.3 is 5.32 Å². The quantitative estimate of drug-likeness (QED) is 0.879. The van der Waals surface area contributed by atoms with Crippen LogP contribution in [0.2, 0.25) is 0 Å². The second-order valence-electron chi connectivity index (χ2n) is 4.19. The summed E-state index contributed by atoms with van der Waals surface area (Å²) in [5.74, 6) is -0.349. The molecule has 0 bridgehead atoms. The van der Waals surface area contributed by atoms with Crippen molar-refractivity contribution in [3.63, 3.8) is 0 Å². The van der Waals surface area contributed by atoms with E-state index in [2.05, 4.69) is 15.0 Å². The van der Waals surface area contributed by atoms with E-state index in [0.717, 1.165) is 0 Å². The standard InChI is InChI=1S/C14H15N3O3S/c1-2-16-21(19,20)12-8-6-11(7-9-12)17-14(18)13-5-3-4-10-15-13/h3-10,16H,2H2,1H3,(H,17,18). The van der Waals surface area contributed by atoms with Crippen LogP contribution in [0.3, 0.4) is 0 Å². The van der Waals surface area contributed by atoms with Gasteiger partial charge in [0.05, 0.1) is 4.90 Å². The Morgan fingerprint density at radius 1 is 1.14 bits per heavy atom. The molecule has 1 aromatic carbocycles. The fraction of sp³-hybridized carbons (Fsp3) is 0.143. The molecule has 1 amide bonds. The average molecular weight is 305 g/mol. The van der Waals surface area contributed by atoms with Gasteiger partial charge in [-0.05, 0) is 36.4 Å². The van der Waals surface area contributed by atoms with Crippen LogP contribution in [-0.4, -0.2) is 25.9 Å². The normalized spacial score (nSPS) is 11.1. The first kappa shape index (κ1) is 15.1. The number of benzene rings is 1. The molecular formula is C14H15N3O3S. The molecule has 0 spiro atoms. The molecule has 0 saturated heterocycles. The minimum Gasteiger partial charge on any atom is -0.321 e. The number of amides is 1. The molecule has 1 heterocycles. The van der Waals surface area contributed by atoms with Crippen LogP contribution in [-0.2, 0) is 10.0 Å². The fourth-order valence-corrected chi connectivity index (χ4v) is 2.72. The van der Waals surface area contributed by atoms with Gasteiger partial charge >= 0.3 is 0 Å². The zero-order valence-electron chi connectivity index (χ0n) is 11.4. The van der Waals surface area contributed by atoms with Gasteiger partial charge in [0.2, 0.25) is 10.0 Å². The van der Waals surface area contributed by atoms with Crippen molar-refractivity contribution in [1.29, 1.82) is 0 Å². The largest absolute Gasteiger partial charge is 0.321 e. The van der Waals surface area contributed by atoms with Crippen LogP contribution in [0.15, 0.2) is 53.6 Å². The third-order valence-electron chi connectivity index (χ3n) is 2.65. The van der Waals surface area contributed by atoms with Crippen LogP contribution < -0.4 is 10.0 Å². The molecule has 110 valence electrons. The van der Waals surface area contributed by atoms with E-state index < -0.39 is 10.0 Å². The summed E-state index contributed by atoms with van der Waals surface area (Å²) in [4.78, 5) is 16.0. The molecule has 21 heavy (non-hydrogen) atoms. The molecule has 0 fully saturated rings. The summed E-state index contributed by atoms with van der Waals surface area (Å²) >= 11 is 0. The SMILES string of the molecule is CCNS(=O)(=O)c1ccc(NC(=O)c2ccccn2)cc1. The Kier molecular flexibility index (Phi) is 4.66. The molecular weight excluding hydrogens is 290 g/mol. The van der Waals surface area contributed by atoms with Crippen molar-refractivity contribution in [1.82, 2.24) is 9.71 Å². The molecule has 6 nitrogen and oxygen atoms in total. The summed E-state index contributed by atoms with van der Waals surface area (Å²) < 4.78 is 26.0. The zero-order chi connectivity index (χ0) is 15.3. The van der Waals surface area contributed by atoms with Gasteiger partial charge in [-0.1, -0.05) is 13.0 Å². The predicted molar refractivity (Wildman–Crippen MR) is 79.5 cm³/mol. The van der Waals surface area contributed by atoms with E-state index in [4.69, 9.17) is 0 Å². The van der Waals surface area contributed by atoms with E-state index in [1.807, 2.05) is 0 Å². The summed E-state index contributed by atoms with van der Waals surface area (Å²) in [6.07, 6.45) is 1.53. The van der Waals surface area contributed by atoms with Crippen LogP contribution in [0.25, 0.3) is 0 Å². The second-order valence-corrected chi connectivity index (χ2v) is 5.96. The summed E-state index contributed by atoms with van der Waals surface area (Å²) in [5.41, 5.74) is 0.794. The fourth-order valence-electron chi connectivity index (χ4n) is 1.68. The number of aromatic nitrogens is 1. The lowest BCUT2D eigenvalue weighted by molar-refractivity contribution is 0.102. The lowest BCUT2D eigenvalue weighted by atomic mass is 10.3. The zero-order valence-corrected chi connectivity index (χ0v) is 12.2. The van der Waals surface area contributed by atoms with Crippen molar-refractivity contribution in [2.75, 3.05) is 11.9 Å². The Morgan fingerprint density at radius 2 is 1.86 bits per heavy atom. The Bertz CT molecular complexity index is 713. The Hall–Kier alpha value is -2.25. The van der Waals surface area contributed by atoms with Crippen LogP contribution in [0.4, 0.5) is 5.69 Å². The number of anilines is 1. The van der Waals surface area contributed by atoms with Gasteiger partial charge in [0.15, 0.2) is 0 Å². The maximum absolute atomic E-state index is 11.9. The number of carbonyl (C=O) groups is 1. The molecule has 2 rings (SSSR count). The number of carbonyl (C=O) groups excluding carboxylic acids is 1. The van der Waals surface area contributed by atoms with Crippen molar-refractivity contribution in [3.05, 3.63) is 54.4 Å². The second kappa shape index (κ2) is 6.47. The van der Waals surface area contributed by atoms with Crippen molar-refractivity contribution in [2.45, 2.75) is 11.8 Å². The number of pyridine rings is 1. The molecule has 0 aliphatic rings. The van der Waals surface area contributed by atoms with Crippen LogP contribution in [0.5, 0.6) is 0 Å². The predicted octanol–water partition coefficient (Wildman–Crippen LogP) is 1.63. The smallest absolute Gasteiger partial charge is 0.274 e. The first-order valence-electron chi connectivity index (χ1n) is 6.35. The molecule has 0 saturated carbocycles. The number of nitrogens with one attached hydrogen (secondary N) is 2. The van der Waals surface area contributed by atoms with E-state index in [9.17, 15) is 13.2 Å². The first-order valence-corrected chi connectivity index (χ1v) is 7.83. The lowest BCUT2D eigenvalue weighted by Gasteiger charge is -2.07. The number of nitrogens with zero attached hydrogens (tertiary/aromatic N) is 1. The Balaban J connectivity index is 2.12. The van der Waals surface area contributed by atoms with Crippen molar-refractivity contribution in [3.8, 4) is 0 Å². The van der Waals surface area contributed by atoms with Gasteiger partial charge in [-0.3, -0.25) is 9.78 Å². The monoisotopic (exact) mass is 305 g/mol. The van der Waals surface area contributed by atoms with Crippen molar-refractivity contribution >= 4 is 21.6 Å². The number of rotatable bonds is 5. The highest BCUT2D eigenvalue weighted by Crippen LogP contribution is 2.14. The number of hydrogen-bond donors (Lipinski definition) is 2. The number of hydrogen-bond acceptors (Lipinski definition) is 4. The Morgan fingerprint density at radius 3 is 2.43 bits per heavy atom. The highest BCUT2D eigenvalue weighted by Gasteiger charge is 2.12. The molecule has 0 aliphatic carbocycles. The van der Waals surface area contributed by atoms with Crippen molar-refractivity contribution < 1.29 is 13.2 Å². The van der Waals surface area contributed by atoms with Gasteiger partial charge in [-0.15, -0.1) is 0 Å².